The van der Waals surface area contributed by atoms with Gasteiger partial charge in [0.2, 0.25) is 5.91 Å². The highest BCUT2D eigenvalue weighted by Gasteiger charge is 2.35. The van der Waals surface area contributed by atoms with Gasteiger partial charge in [-0.05, 0) is 44.0 Å². The van der Waals surface area contributed by atoms with Crippen LogP contribution in [0, 0.1) is 17.0 Å². The first-order valence-electron chi connectivity index (χ1n) is 10.6. The van der Waals surface area contributed by atoms with Crippen molar-refractivity contribution in [3.8, 4) is 0 Å². The first-order valence-corrected chi connectivity index (χ1v) is 10.6. The lowest BCUT2D eigenvalue weighted by atomic mass is 10.1. The molecule has 4 rings (SSSR count). The number of carbonyl (C=O) groups is 2. The van der Waals surface area contributed by atoms with Crippen LogP contribution in [0.1, 0.15) is 28.8 Å². The van der Waals surface area contributed by atoms with Crippen molar-refractivity contribution in [2.75, 3.05) is 43.1 Å². The van der Waals surface area contributed by atoms with Gasteiger partial charge in [-0.1, -0.05) is 0 Å². The second-order valence-electron chi connectivity index (χ2n) is 7.91. The molecule has 3 heterocycles. The summed E-state index contributed by atoms with van der Waals surface area (Å²) in [6, 6.07) is 7.33. The molecule has 1 atom stereocenters. The largest absolute Gasteiger partial charge is 0.378 e. The number of carbonyl (C=O) groups excluding carboxylic acids is 2. The van der Waals surface area contributed by atoms with Crippen LogP contribution in [-0.2, 0) is 9.53 Å². The van der Waals surface area contributed by atoms with E-state index in [9.17, 15) is 19.7 Å². The minimum Gasteiger partial charge on any atom is -0.378 e. The van der Waals surface area contributed by atoms with Crippen molar-refractivity contribution in [1.29, 1.82) is 0 Å². The molecule has 10 heteroatoms. The van der Waals surface area contributed by atoms with Crippen molar-refractivity contribution < 1.29 is 19.2 Å². The molecule has 10 nitrogen and oxygen atoms in total. The summed E-state index contributed by atoms with van der Waals surface area (Å²) >= 11 is 0. The molecule has 2 aromatic rings. The number of morpholine rings is 1. The second-order valence-corrected chi connectivity index (χ2v) is 7.91. The van der Waals surface area contributed by atoms with Crippen LogP contribution < -0.4 is 10.2 Å². The van der Waals surface area contributed by atoms with Crippen LogP contribution in [0.2, 0.25) is 0 Å². The molecule has 0 radical (unpaired) electrons. The molecule has 0 bridgehead atoms. The minimum absolute atomic E-state index is 0.0368. The van der Waals surface area contributed by atoms with Crippen LogP contribution in [-0.4, -0.2) is 65.5 Å². The third-order valence-corrected chi connectivity index (χ3v) is 5.81. The van der Waals surface area contributed by atoms with Crippen LogP contribution >= 0.6 is 0 Å². The lowest BCUT2D eigenvalue weighted by molar-refractivity contribution is -0.385. The van der Waals surface area contributed by atoms with Gasteiger partial charge >= 0.3 is 0 Å². The van der Waals surface area contributed by atoms with Crippen molar-refractivity contribution >= 4 is 29.0 Å². The number of amides is 2. The zero-order valence-corrected chi connectivity index (χ0v) is 17.8. The normalized spacial score (nSPS) is 18.5. The predicted molar refractivity (Wildman–Crippen MR) is 118 cm³/mol. The molecule has 0 saturated carbocycles. The molecule has 0 spiro atoms. The number of nitrogens with zero attached hydrogens (tertiary/aromatic N) is 4. The Balaban J connectivity index is 1.42. The van der Waals surface area contributed by atoms with Crippen molar-refractivity contribution in [3.63, 3.8) is 0 Å². The number of aromatic nitrogens is 1. The van der Waals surface area contributed by atoms with E-state index in [0.717, 1.165) is 18.9 Å². The molecule has 1 aromatic heterocycles. The van der Waals surface area contributed by atoms with E-state index in [-0.39, 0.29) is 17.5 Å². The number of nitro benzene ring substituents is 1. The number of hydrogen-bond donors (Lipinski definition) is 1. The molecule has 32 heavy (non-hydrogen) atoms. The van der Waals surface area contributed by atoms with Crippen LogP contribution in [0.15, 0.2) is 36.5 Å². The van der Waals surface area contributed by atoms with Gasteiger partial charge in [0, 0.05) is 36.8 Å². The van der Waals surface area contributed by atoms with Crippen molar-refractivity contribution in [2.24, 2.45) is 0 Å². The van der Waals surface area contributed by atoms with Gasteiger partial charge in [0.05, 0.1) is 30.0 Å². The van der Waals surface area contributed by atoms with E-state index in [2.05, 4.69) is 15.2 Å². The lowest BCUT2D eigenvalue weighted by Gasteiger charge is -2.28. The zero-order valence-electron chi connectivity index (χ0n) is 17.8. The number of nitro groups is 1. The summed E-state index contributed by atoms with van der Waals surface area (Å²) in [5, 5.41) is 13.9. The summed E-state index contributed by atoms with van der Waals surface area (Å²) in [5.74, 6) is 0.259. The smallest absolute Gasteiger partial charge is 0.272 e. The van der Waals surface area contributed by atoms with E-state index in [1.165, 1.54) is 23.1 Å². The Morgan fingerprint density at radius 1 is 1.19 bits per heavy atom. The van der Waals surface area contributed by atoms with Crippen LogP contribution in [0.5, 0.6) is 0 Å². The molecular formula is C22H25N5O5. The molecular weight excluding hydrogens is 414 g/mol. The average Bonchev–Trinajstić information content (AvgIpc) is 3.29. The van der Waals surface area contributed by atoms with Crippen molar-refractivity contribution in [1.82, 2.24) is 9.88 Å². The van der Waals surface area contributed by atoms with Crippen LogP contribution in [0.3, 0.4) is 0 Å². The topological polar surface area (TPSA) is 118 Å². The zero-order chi connectivity index (χ0) is 22.7. The molecule has 1 N–H and O–H groups in total. The number of anilines is 2. The highest BCUT2D eigenvalue weighted by atomic mass is 16.6. The van der Waals surface area contributed by atoms with E-state index >= 15 is 0 Å². The summed E-state index contributed by atoms with van der Waals surface area (Å²) in [4.78, 5) is 44.6. The van der Waals surface area contributed by atoms with E-state index in [4.69, 9.17) is 4.74 Å². The highest BCUT2D eigenvalue weighted by Crippen LogP contribution is 2.25. The summed E-state index contributed by atoms with van der Waals surface area (Å²) in [6.07, 6.45) is 2.89. The van der Waals surface area contributed by atoms with E-state index in [1.807, 2.05) is 6.07 Å². The summed E-state index contributed by atoms with van der Waals surface area (Å²) in [6.45, 7) is 4.94. The standard InChI is InChI=1S/C22H25N5O5/c1-15-13-16(4-6-18(15)27(30)31)22(29)26-8-2-3-19(26)21(28)24-17-5-7-20(23-14-17)25-9-11-32-12-10-25/h4-7,13-14,19H,2-3,8-12H2,1H3,(H,24,28). The molecule has 1 unspecified atom stereocenters. The Morgan fingerprint density at radius 3 is 2.62 bits per heavy atom. The van der Waals surface area contributed by atoms with Crippen LogP contribution in [0.25, 0.3) is 0 Å². The Hall–Kier alpha value is -3.53. The van der Waals surface area contributed by atoms with E-state index in [1.54, 1.807) is 19.2 Å². The summed E-state index contributed by atoms with van der Waals surface area (Å²) < 4.78 is 5.35. The fourth-order valence-electron chi connectivity index (χ4n) is 4.11. The maximum absolute atomic E-state index is 13.0. The van der Waals surface area contributed by atoms with Gasteiger partial charge in [-0.25, -0.2) is 4.98 Å². The molecule has 2 fully saturated rings. The Kier molecular flexibility index (Phi) is 6.31. The maximum Gasteiger partial charge on any atom is 0.272 e. The number of rotatable bonds is 5. The molecule has 2 aliphatic rings. The SMILES string of the molecule is Cc1cc(C(=O)N2CCCC2C(=O)Nc2ccc(N3CCOCC3)nc2)ccc1[N+](=O)[O-]. The van der Waals surface area contributed by atoms with Crippen LogP contribution in [0.4, 0.5) is 17.2 Å². The quantitative estimate of drug-likeness (QED) is 0.561. The summed E-state index contributed by atoms with van der Waals surface area (Å²) in [7, 11) is 0. The molecule has 168 valence electrons. The molecule has 1 aromatic carbocycles. The van der Waals surface area contributed by atoms with Crippen molar-refractivity contribution in [2.45, 2.75) is 25.8 Å². The number of pyridine rings is 1. The molecule has 2 saturated heterocycles. The Morgan fingerprint density at radius 2 is 1.97 bits per heavy atom. The highest BCUT2D eigenvalue weighted by molar-refractivity contribution is 6.01. The van der Waals surface area contributed by atoms with Gasteiger partial charge in [0.25, 0.3) is 11.6 Å². The Bertz CT molecular complexity index is 1020. The number of nitrogens with one attached hydrogen (secondary N) is 1. The van der Waals surface area contributed by atoms with Crippen molar-refractivity contribution in [3.05, 3.63) is 57.8 Å². The summed E-state index contributed by atoms with van der Waals surface area (Å²) in [5.41, 5.74) is 1.28. The van der Waals surface area contributed by atoms with Gasteiger partial charge in [-0.15, -0.1) is 0 Å². The van der Waals surface area contributed by atoms with E-state index < -0.39 is 11.0 Å². The first-order chi connectivity index (χ1) is 15.4. The third-order valence-electron chi connectivity index (χ3n) is 5.81. The lowest BCUT2D eigenvalue weighted by Crippen LogP contribution is -2.43. The number of likely N-dealkylation sites (tertiary alicyclic amines) is 1. The fourth-order valence-corrected chi connectivity index (χ4v) is 4.11. The van der Waals surface area contributed by atoms with Gasteiger partial charge in [-0.2, -0.15) is 0 Å². The van der Waals surface area contributed by atoms with E-state index in [0.29, 0.717) is 49.4 Å². The number of hydrogen-bond acceptors (Lipinski definition) is 7. The van der Waals surface area contributed by atoms with Gasteiger partial charge in [0.15, 0.2) is 0 Å². The average molecular weight is 439 g/mol. The molecule has 2 amide bonds. The minimum atomic E-state index is -0.600. The van der Waals surface area contributed by atoms with Gasteiger partial charge in [-0.3, -0.25) is 19.7 Å². The number of aryl methyl sites for hydroxylation is 1. The van der Waals surface area contributed by atoms with Gasteiger partial charge in [0.1, 0.15) is 11.9 Å². The second kappa shape index (κ2) is 9.31. The monoisotopic (exact) mass is 439 g/mol. The predicted octanol–water partition coefficient (Wildman–Crippen LogP) is 2.38. The molecule has 0 aliphatic carbocycles. The third kappa shape index (κ3) is 4.54. The first kappa shape index (κ1) is 21.7. The maximum atomic E-state index is 13.0. The number of benzene rings is 1. The Labute approximate surface area is 185 Å². The fraction of sp³-hybridized carbons (Fsp3) is 0.409. The number of ether oxygens (including phenoxy) is 1. The molecule has 2 aliphatic heterocycles. The van der Waals surface area contributed by atoms with Gasteiger partial charge < -0.3 is 19.9 Å².